The largest absolute Gasteiger partial charge is 0.450 e. The van der Waals surface area contributed by atoms with Crippen molar-refractivity contribution in [2.75, 3.05) is 19.7 Å². The van der Waals surface area contributed by atoms with E-state index in [0.717, 1.165) is 38.3 Å². The number of hydrogen-bond donors (Lipinski definition) is 2. The zero-order chi connectivity index (χ0) is 12.8. The molecule has 2 N–H and O–H groups in total. The van der Waals surface area contributed by atoms with Gasteiger partial charge in [0.05, 0.1) is 13.2 Å². The van der Waals surface area contributed by atoms with Gasteiger partial charge in [-0.1, -0.05) is 0 Å². The third kappa shape index (κ3) is 3.46. The Kier molecular flexibility index (Phi) is 4.58. The molecule has 0 saturated carbocycles. The van der Waals surface area contributed by atoms with Crippen molar-refractivity contribution in [3.63, 3.8) is 0 Å². The summed E-state index contributed by atoms with van der Waals surface area (Å²) in [5, 5.41) is 3.44. The summed E-state index contributed by atoms with van der Waals surface area (Å²) in [4.78, 5) is 20.5. The molecule has 1 aliphatic rings. The number of amides is 1. The second-order valence-corrected chi connectivity index (χ2v) is 4.38. The maximum Gasteiger partial charge on any atom is 0.409 e. The topological polar surface area (TPSA) is 70.2 Å². The normalized spacial score (nSPS) is 16.8. The van der Waals surface area contributed by atoms with Gasteiger partial charge in [-0.3, -0.25) is 0 Å². The van der Waals surface area contributed by atoms with Gasteiger partial charge in [-0.25, -0.2) is 9.78 Å². The summed E-state index contributed by atoms with van der Waals surface area (Å²) in [6, 6.07) is 0.445. The van der Waals surface area contributed by atoms with Crippen molar-refractivity contribution in [2.45, 2.75) is 32.4 Å². The number of carbonyl (C=O) groups is 1. The minimum Gasteiger partial charge on any atom is -0.450 e. The first-order chi connectivity index (χ1) is 8.79. The molecule has 0 aliphatic carbocycles. The van der Waals surface area contributed by atoms with Crippen LogP contribution in [0.2, 0.25) is 0 Å². The fourth-order valence-electron chi connectivity index (χ4n) is 2.12. The lowest BCUT2D eigenvalue weighted by atomic mass is 10.1. The first-order valence-electron chi connectivity index (χ1n) is 6.43. The van der Waals surface area contributed by atoms with E-state index in [1.165, 1.54) is 0 Å². The minimum absolute atomic E-state index is 0.193. The van der Waals surface area contributed by atoms with Crippen molar-refractivity contribution >= 4 is 6.09 Å². The smallest absolute Gasteiger partial charge is 0.409 e. The van der Waals surface area contributed by atoms with Crippen LogP contribution in [0.15, 0.2) is 12.4 Å². The number of hydrogen-bond acceptors (Lipinski definition) is 4. The van der Waals surface area contributed by atoms with E-state index in [1.807, 2.05) is 13.1 Å². The van der Waals surface area contributed by atoms with Gasteiger partial charge in [-0.15, -0.1) is 0 Å². The van der Waals surface area contributed by atoms with E-state index in [2.05, 4.69) is 15.3 Å². The molecule has 1 aromatic rings. The maximum absolute atomic E-state index is 11.5. The summed E-state index contributed by atoms with van der Waals surface area (Å²) in [7, 11) is 0. The highest BCUT2D eigenvalue weighted by Crippen LogP contribution is 2.11. The summed E-state index contributed by atoms with van der Waals surface area (Å²) in [5.74, 6) is 0.947. The third-order valence-corrected chi connectivity index (χ3v) is 3.13. The highest BCUT2D eigenvalue weighted by Gasteiger charge is 2.23. The van der Waals surface area contributed by atoms with Crippen LogP contribution in [0, 0.1) is 0 Å². The Morgan fingerprint density at radius 3 is 3.00 bits per heavy atom. The van der Waals surface area contributed by atoms with E-state index in [9.17, 15) is 4.79 Å². The molecular weight excluding hydrogens is 232 g/mol. The fraction of sp³-hybridized carbons (Fsp3) is 0.667. The number of aromatic nitrogens is 2. The summed E-state index contributed by atoms with van der Waals surface area (Å²) in [5.41, 5.74) is 0. The predicted octanol–water partition coefficient (Wildman–Crippen LogP) is 1.12. The molecule has 1 aromatic heterocycles. The van der Waals surface area contributed by atoms with Crippen LogP contribution in [0.3, 0.4) is 0 Å². The quantitative estimate of drug-likeness (QED) is 0.842. The zero-order valence-electron chi connectivity index (χ0n) is 10.7. The maximum atomic E-state index is 11.5. The number of rotatable bonds is 4. The van der Waals surface area contributed by atoms with Gasteiger partial charge >= 0.3 is 6.09 Å². The van der Waals surface area contributed by atoms with Crippen LogP contribution in [0.4, 0.5) is 4.79 Å². The molecule has 0 aromatic carbocycles. The van der Waals surface area contributed by atoms with Gasteiger partial charge in [0, 0.05) is 31.5 Å². The molecule has 2 heterocycles. The van der Waals surface area contributed by atoms with Crippen molar-refractivity contribution in [1.82, 2.24) is 20.2 Å². The Morgan fingerprint density at radius 1 is 1.61 bits per heavy atom. The first kappa shape index (κ1) is 12.9. The number of ether oxygens (including phenoxy) is 1. The number of H-pyrrole nitrogens is 1. The number of nitrogens with one attached hydrogen (secondary N) is 2. The highest BCUT2D eigenvalue weighted by molar-refractivity contribution is 5.67. The number of aromatic amines is 1. The molecule has 0 radical (unpaired) electrons. The molecule has 2 rings (SSSR count). The third-order valence-electron chi connectivity index (χ3n) is 3.13. The van der Waals surface area contributed by atoms with E-state index in [1.54, 1.807) is 11.1 Å². The second kappa shape index (κ2) is 6.39. The Morgan fingerprint density at radius 2 is 2.39 bits per heavy atom. The standard InChI is InChI=1S/C12H20N4O2/c1-2-18-12(17)16-7-3-10(4-8-16)15-9-11-13-5-6-14-11/h5-6,10,15H,2-4,7-9H2,1H3,(H,13,14). The SMILES string of the molecule is CCOC(=O)N1CCC(NCc2ncc[nH]2)CC1. The van der Waals surface area contributed by atoms with Gasteiger partial charge in [-0.2, -0.15) is 0 Å². The lowest BCUT2D eigenvalue weighted by Crippen LogP contribution is -2.45. The summed E-state index contributed by atoms with van der Waals surface area (Å²) >= 11 is 0. The summed E-state index contributed by atoms with van der Waals surface area (Å²) in [6.07, 6.45) is 5.29. The Labute approximate surface area is 107 Å². The molecule has 6 heteroatoms. The van der Waals surface area contributed by atoms with Gasteiger partial charge in [0.25, 0.3) is 0 Å². The molecule has 0 spiro atoms. The molecule has 1 aliphatic heterocycles. The molecule has 0 bridgehead atoms. The molecule has 6 nitrogen and oxygen atoms in total. The predicted molar refractivity (Wildman–Crippen MR) is 67.0 cm³/mol. The van der Waals surface area contributed by atoms with Crippen LogP contribution in [0.25, 0.3) is 0 Å². The van der Waals surface area contributed by atoms with Gasteiger partial charge in [0.2, 0.25) is 0 Å². The van der Waals surface area contributed by atoms with E-state index in [0.29, 0.717) is 12.6 Å². The lowest BCUT2D eigenvalue weighted by Gasteiger charge is -2.31. The number of piperidine rings is 1. The molecule has 0 atom stereocenters. The Balaban J connectivity index is 1.68. The zero-order valence-corrected chi connectivity index (χ0v) is 10.7. The van der Waals surface area contributed by atoms with E-state index in [4.69, 9.17) is 4.74 Å². The van der Waals surface area contributed by atoms with Crippen LogP contribution in [-0.4, -0.2) is 46.7 Å². The summed E-state index contributed by atoms with van der Waals surface area (Å²) in [6.45, 7) is 4.53. The fourth-order valence-corrected chi connectivity index (χ4v) is 2.12. The van der Waals surface area contributed by atoms with Crippen LogP contribution < -0.4 is 5.32 Å². The molecule has 1 saturated heterocycles. The molecule has 0 unspecified atom stereocenters. The van der Waals surface area contributed by atoms with Crippen LogP contribution in [0.5, 0.6) is 0 Å². The van der Waals surface area contributed by atoms with Crippen molar-refractivity contribution < 1.29 is 9.53 Å². The molecule has 1 amide bonds. The van der Waals surface area contributed by atoms with E-state index >= 15 is 0 Å². The molecule has 18 heavy (non-hydrogen) atoms. The number of imidazole rings is 1. The molecule has 100 valence electrons. The van der Waals surface area contributed by atoms with Gasteiger partial charge in [-0.05, 0) is 19.8 Å². The van der Waals surface area contributed by atoms with Crippen molar-refractivity contribution in [2.24, 2.45) is 0 Å². The van der Waals surface area contributed by atoms with E-state index < -0.39 is 0 Å². The van der Waals surface area contributed by atoms with Gasteiger partial charge in [0.15, 0.2) is 0 Å². The van der Waals surface area contributed by atoms with E-state index in [-0.39, 0.29) is 6.09 Å². The number of carbonyl (C=O) groups excluding carboxylic acids is 1. The van der Waals surface area contributed by atoms with Crippen LogP contribution >= 0.6 is 0 Å². The first-order valence-corrected chi connectivity index (χ1v) is 6.43. The highest BCUT2D eigenvalue weighted by atomic mass is 16.6. The lowest BCUT2D eigenvalue weighted by molar-refractivity contribution is 0.0949. The Hall–Kier alpha value is -1.56. The van der Waals surface area contributed by atoms with Crippen molar-refractivity contribution in [3.8, 4) is 0 Å². The number of nitrogens with zero attached hydrogens (tertiary/aromatic N) is 2. The van der Waals surface area contributed by atoms with Crippen LogP contribution in [0.1, 0.15) is 25.6 Å². The van der Waals surface area contributed by atoms with Crippen molar-refractivity contribution in [3.05, 3.63) is 18.2 Å². The average Bonchev–Trinajstić information content (AvgIpc) is 2.90. The van der Waals surface area contributed by atoms with Crippen molar-refractivity contribution in [1.29, 1.82) is 0 Å². The second-order valence-electron chi connectivity index (χ2n) is 4.38. The van der Waals surface area contributed by atoms with Gasteiger partial charge < -0.3 is 19.9 Å². The number of likely N-dealkylation sites (tertiary alicyclic amines) is 1. The molecular formula is C12H20N4O2. The summed E-state index contributed by atoms with van der Waals surface area (Å²) < 4.78 is 4.99. The Bertz CT molecular complexity index is 358. The average molecular weight is 252 g/mol. The monoisotopic (exact) mass is 252 g/mol. The minimum atomic E-state index is -0.193. The molecule has 1 fully saturated rings. The van der Waals surface area contributed by atoms with Crippen LogP contribution in [-0.2, 0) is 11.3 Å². The van der Waals surface area contributed by atoms with Gasteiger partial charge in [0.1, 0.15) is 5.82 Å².